The average Bonchev–Trinajstić information content (AvgIpc) is 3.49. The second-order valence-corrected chi connectivity index (χ2v) is 6.34. The van der Waals surface area contributed by atoms with E-state index in [-0.39, 0.29) is 11.8 Å². The maximum atomic E-state index is 12.7. The molecule has 4 rings (SSSR count). The van der Waals surface area contributed by atoms with Crippen LogP contribution < -0.4 is 10.6 Å². The number of benzene rings is 2. The molecule has 2 amide bonds. The van der Waals surface area contributed by atoms with E-state index in [1.807, 2.05) is 0 Å². The Hall–Kier alpha value is -4.41. The molecule has 1 atom stereocenters. The lowest BCUT2D eigenvalue weighted by Gasteiger charge is -2.13. The number of tetrazole rings is 1. The number of hydrogen-bond acceptors (Lipinski definition) is 7. The van der Waals surface area contributed by atoms with Crippen molar-refractivity contribution in [1.82, 2.24) is 35.0 Å². The number of nitrogens with zero attached hydrogens (tertiary/aromatic N) is 7. The predicted molar refractivity (Wildman–Crippen MR) is 107 cm³/mol. The highest BCUT2D eigenvalue weighted by molar-refractivity contribution is 6.06. The van der Waals surface area contributed by atoms with Gasteiger partial charge in [0.05, 0.1) is 11.3 Å². The highest BCUT2D eigenvalue weighted by Gasteiger charge is 2.16. The summed E-state index contributed by atoms with van der Waals surface area (Å²) in [6.07, 6.45) is 4.28. The Morgan fingerprint density at radius 3 is 2.37 bits per heavy atom. The van der Waals surface area contributed by atoms with Crippen LogP contribution in [0.1, 0.15) is 23.3 Å². The van der Waals surface area contributed by atoms with Gasteiger partial charge in [-0.05, 0) is 53.7 Å². The van der Waals surface area contributed by atoms with E-state index >= 15 is 0 Å². The van der Waals surface area contributed by atoms with Crippen LogP contribution in [0.5, 0.6) is 0 Å². The van der Waals surface area contributed by atoms with Gasteiger partial charge in [0.1, 0.15) is 25.0 Å². The van der Waals surface area contributed by atoms with Gasteiger partial charge in [-0.25, -0.2) is 9.67 Å². The first kappa shape index (κ1) is 18.9. The molecule has 0 radical (unpaired) electrons. The van der Waals surface area contributed by atoms with Gasteiger partial charge < -0.3 is 10.6 Å². The topological polar surface area (TPSA) is 133 Å². The molecule has 4 aromatic rings. The summed E-state index contributed by atoms with van der Waals surface area (Å²) in [5.74, 6) is -0.537. The summed E-state index contributed by atoms with van der Waals surface area (Å²) < 4.78 is 2.88. The number of hydrogen-bond donors (Lipinski definition) is 2. The van der Waals surface area contributed by atoms with Crippen molar-refractivity contribution in [1.29, 1.82) is 0 Å². The molecule has 0 bridgehead atoms. The monoisotopic (exact) mass is 403 g/mol. The fourth-order valence-electron chi connectivity index (χ4n) is 2.76. The van der Waals surface area contributed by atoms with Crippen molar-refractivity contribution < 1.29 is 9.59 Å². The van der Waals surface area contributed by atoms with Crippen molar-refractivity contribution in [2.24, 2.45) is 0 Å². The molecule has 30 heavy (non-hydrogen) atoms. The van der Waals surface area contributed by atoms with Crippen molar-refractivity contribution in [3.8, 4) is 5.69 Å². The van der Waals surface area contributed by atoms with Gasteiger partial charge >= 0.3 is 0 Å². The molecule has 2 heterocycles. The van der Waals surface area contributed by atoms with Crippen molar-refractivity contribution in [3.05, 3.63) is 73.1 Å². The van der Waals surface area contributed by atoms with Gasteiger partial charge in [-0.1, -0.05) is 12.1 Å². The van der Waals surface area contributed by atoms with Crippen LogP contribution in [0.3, 0.4) is 0 Å². The molecule has 0 saturated heterocycles. The summed E-state index contributed by atoms with van der Waals surface area (Å²) >= 11 is 0. The molecule has 0 spiro atoms. The third kappa shape index (κ3) is 4.04. The number of rotatable bonds is 6. The van der Waals surface area contributed by atoms with E-state index in [0.717, 1.165) is 0 Å². The van der Waals surface area contributed by atoms with Crippen LogP contribution in [-0.2, 0) is 4.79 Å². The lowest BCUT2D eigenvalue weighted by Crippen LogP contribution is -2.24. The smallest absolute Gasteiger partial charge is 0.257 e. The van der Waals surface area contributed by atoms with Gasteiger partial charge in [0.15, 0.2) is 0 Å². The van der Waals surface area contributed by atoms with Crippen LogP contribution in [0.2, 0.25) is 0 Å². The molecule has 0 aliphatic rings. The number of anilines is 2. The van der Waals surface area contributed by atoms with Crippen LogP contribution in [0.25, 0.3) is 5.69 Å². The minimum absolute atomic E-state index is 0.229. The first-order chi connectivity index (χ1) is 14.6. The predicted octanol–water partition coefficient (Wildman–Crippen LogP) is 1.71. The molecule has 2 aromatic carbocycles. The third-order valence-corrected chi connectivity index (χ3v) is 4.37. The quantitative estimate of drug-likeness (QED) is 0.501. The maximum absolute atomic E-state index is 12.7. The standard InChI is InChI=1S/C19H17N9O2/c1-13(27-11-20-10-22-27)18(29)23-14-6-8-15(9-7-14)24-19(30)16-4-2-3-5-17(16)28-12-21-25-26-28/h2-13H,1H3,(H,23,29)(H,24,30). The van der Waals surface area contributed by atoms with E-state index in [1.54, 1.807) is 55.5 Å². The highest BCUT2D eigenvalue weighted by atomic mass is 16.2. The molecular formula is C19H17N9O2. The van der Waals surface area contributed by atoms with Gasteiger partial charge in [0, 0.05) is 11.4 Å². The highest BCUT2D eigenvalue weighted by Crippen LogP contribution is 2.18. The van der Waals surface area contributed by atoms with E-state index < -0.39 is 6.04 Å². The van der Waals surface area contributed by atoms with Gasteiger partial charge in [-0.15, -0.1) is 5.10 Å². The Kier molecular flexibility index (Phi) is 5.24. The van der Waals surface area contributed by atoms with Gasteiger partial charge in [-0.3, -0.25) is 9.59 Å². The molecule has 0 aliphatic carbocycles. The molecule has 150 valence electrons. The van der Waals surface area contributed by atoms with E-state index in [2.05, 4.69) is 36.2 Å². The normalized spacial score (nSPS) is 11.6. The van der Waals surface area contributed by atoms with Crippen LogP contribution in [-0.4, -0.2) is 46.8 Å². The summed E-state index contributed by atoms with van der Waals surface area (Å²) in [7, 11) is 0. The van der Waals surface area contributed by atoms with Crippen molar-refractivity contribution in [3.63, 3.8) is 0 Å². The Balaban J connectivity index is 1.43. The number of aromatic nitrogens is 7. The number of amides is 2. The van der Waals surface area contributed by atoms with Gasteiger partial charge in [0.2, 0.25) is 5.91 Å². The van der Waals surface area contributed by atoms with E-state index in [4.69, 9.17) is 0 Å². The number of para-hydroxylation sites is 1. The maximum Gasteiger partial charge on any atom is 0.257 e. The summed E-state index contributed by atoms with van der Waals surface area (Å²) in [5.41, 5.74) is 2.16. The second kappa shape index (κ2) is 8.31. The molecule has 0 fully saturated rings. The summed E-state index contributed by atoms with van der Waals surface area (Å²) in [4.78, 5) is 28.9. The first-order valence-corrected chi connectivity index (χ1v) is 9.00. The van der Waals surface area contributed by atoms with Crippen molar-refractivity contribution in [2.75, 3.05) is 10.6 Å². The average molecular weight is 403 g/mol. The fourth-order valence-corrected chi connectivity index (χ4v) is 2.76. The van der Waals surface area contributed by atoms with Gasteiger partial charge in [-0.2, -0.15) is 9.78 Å². The minimum atomic E-state index is -0.505. The Morgan fingerprint density at radius 1 is 0.967 bits per heavy atom. The van der Waals surface area contributed by atoms with E-state index in [9.17, 15) is 9.59 Å². The SMILES string of the molecule is CC(C(=O)Nc1ccc(NC(=O)c2ccccc2-n2cnnn2)cc1)n1cncn1. The van der Waals surface area contributed by atoms with Crippen LogP contribution in [0.15, 0.2) is 67.5 Å². The lowest BCUT2D eigenvalue weighted by atomic mass is 10.1. The van der Waals surface area contributed by atoms with Crippen LogP contribution in [0, 0.1) is 0 Å². The number of nitrogens with one attached hydrogen (secondary N) is 2. The van der Waals surface area contributed by atoms with Crippen LogP contribution >= 0.6 is 0 Å². The molecule has 1 unspecified atom stereocenters. The van der Waals surface area contributed by atoms with Gasteiger partial charge in [0.25, 0.3) is 5.91 Å². The van der Waals surface area contributed by atoms with Crippen LogP contribution in [0.4, 0.5) is 11.4 Å². The Morgan fingerprint density at radius 2 is 1.70 bits per heavy atom. The zero-order chi connectivity index (χ0) is 20.9. The second-order valence-electron chi connectivity index (χ2n) is 6.34. The summed E-state index contributed by atoms with van der Waals surface area (Å²) in [6.45, 7) is 1.72. The Bertz CT molecular complexity index is 1140. The van der Waals surface area contributed by atoms with Crippen molar-refractivity contribution >= 4 is 23.2 Å². The molecule has 0 saturated carbocycles. The fraction of sp³-hybridized carbons (Fsp3) is 0.105. The number of carbonyl (C=O) groups is 2. The largest absolute Gasteiger partial charge is 0.324 e. The summed E-state index contributed by atoms with van der Waals surface area (Å²) in [5, 5.41) is 20.6. The van der Waals surface area contributed by atoms with E-state index in [1.165, 1.54) is 28.3 Å². The zero-order valence-electron chi connectivity index (χ0n) is 15.9. The number of carbonyl (C=O) groups excluding carboxylic acids is 2. The minimum Gasteiger partial charge on any atom is -0.324 e. The summed E-state index contributed by atoms with van der Waals surface area (Å²) in [6, 6.07) is 13.3. The lowest BCUT2D eigenvalue weighted by molar-refractivity contribution is -0.119. The molecule has 2 aromatic heterocycles. The van der Waals surface area contributed by atoms with Crippen molar-refractivity contribution in [2.45, 2.75) is 13.0 Å². The molecular weight excluding hydrogens is 386 g/mol. The molecule has 11 heteroatoms. The molecule has 0 aliphatic heterocycles. The Labute approximate surface area is 170 Å². The first-order valence-electron chi connectivity index (χ1n) is 9.00. The molecule has 2 N–H and O–H groups in total. The van der Waals surface area contributed by atoms with E-state index in [0.29, 0.717) is 22.6 Å². The zero-order valence-corrected chi connectivity index (χ0v) is 15.9. The third-order valence-electron chi connectivity index (χ3n) is 4.37. The molecule has 11 nitrogen and oxygen atoms in total.